The van der Waals surface area contributed by atoms with Crippen LogP contribution in [0.4, 0.5) is 5.82 Å². The summed E-state index contributed by atoms with van der Waals surface area (Å²) < 4.78 is 6.44. The first kappa shape index (κ1) is 12.8. The molecule has 0 aliphatic carbocycles. The monoisotopic (exact) mass is 298 g/mol. The van der Waals surface area contributed by atoms with Gasteiger partial charge in [0.25, 0.3) is 0 Å². The molecule has 2 heterocycles. The van der Waals surface area contributed by atoms with Gasteiger partial charge in [0.1, 0.15) is 5.82 Å². The van der Waals surface area contributed by atoms with Gasteiger partial charge in [-0.15, -0.1) is 0 Å². The third-order valence-electron chi connectivity index (χ3n) is 3.36. The molecule has 1 saturated heterocycles. The molecule has 0 spiro atoms. The summed E-state index contributed by atoms with van der Waals surface area (Å²) in [5, 5.41) is 3.44. The van der Waals surface area contributed by atoms with Gasteiger partial charge in [0.05, 0.1) is 4.47 Å². The van der Waals surface area contributed by atoms with E-state index in [4.69, 9.17) is 4.74 Å². The van der Waals surface area contributed by atoms with Crippen LogP contribution in [0.1, 0.15) is 25.3 Å². The van der Waals surface area contributed by atoms with Gasteiger partial charge >= 0.3 is 0 Å². The zero-order valence-corrected chi connectivity index (χ0v) is 12.0. The average molecular weight is 299 g/mol. The first-order chi connectivity index (χ1) is 8.09. The Morgan fingerprint density at radius 1 is 1.47 bits per heavy atom. The molecule has 4 heteroatoms. The Labute approximate surface area is 111 Å². The number of pyridine rings is 1. The van der Waals surface area contributed by atoms with E-state index in [0.717, 1.165) is 42.9 Å². The number of hydrogen-bond acceptors (Lipinski definition) is 3. The van der Waals surface area contributed by atoms with Crippen molar-refractivity contribution >= 4 is 21.7 Å². The molecule has 0 saturated carbocycles. The van der Waals surface area contributed by atoms with E-state index in [9.17, 15) is 0 Å². The molecule has 1 N–H and O–H groups in total. The highest BCUT2D eigenvalue weighted by atomic mass is 79.9. The largest absolute Gasteiger partial charge is 0.381 e. The molecule has 0 radical (unpaired) electrons. The number of rotatable bonds is 3. The Morgan fingerprint density at radius 3 is 2.82 bits per heavy atom. The maximum atomic E-state index is 5.40. The van der Waals surface area contributed by atoms with Crippen molar-refractivity contribution in [2.45, 2.75) is 26.7 Å². The highest BCUT2D eigenvalue weighted by Crippen LogP contribution is 2.30. The molecular weight excluding hydrogens is 280 g/mol. The summed E-state index contributed by atoms with van der Waals surface area (Å²) in [5.41, 5.74) is 1.49. The zero-order valence-electron chi connectivity index (χ0n) is 10.4. The molecular formula is C13H19BrN2O. The van der Waals surface area contributed by atoms with Crippen molar-refractivity contribution in [3.05, 3.63) is 22.3 Å². The average Bonchev–Trinajstić information content (AvgIpc) is 2.29. The lowest BCUT2D eigenvalue weighted by Crippen LogP contribution is -2.33. The number of anilines is 1. The summed E-state index contributed by atoms with van der Waals surface area (Å²) in [7, 11) is 0. The highest BCUT2D eigenvalue weighted by Gasteiger charge is 2.27. The fraction of sp³-hybridized carbons (Fsp3) is 0.615. The van der Waals surface area contributed by atoms with Crippen molar-refractivity contribution in [2.75, 3.05) is 25.1 Å². The molecule has 1 aliphatic heterocycles. The van der Waals surface area contributed by atoms with Crippen LogP contribution >= 0.6 is 15.9 Å². The van der Waals surface area contributed by atoms with Crippen molar-refractivity contribution in [3.63, 3.8) is 0 Å². The van der Waals surface area contributed by atoms with Gasteiger partial charge in [0, 0.05) is 26.0 Å². The second-order valence-electron chi connectivity index (χ2n) is 5.12. The van der Waals surface area contributed by atoms with Crippen LogP contribution in [0, 0.1) is 12.3 Å². The number of nitrogens with one attached hydrogen (secondary N) is 1. The van der Waals surface area contributed by atoms with Crippen molar-refractivity contribution < 1.29 is 4.74 Å². The number of ether oxygens (including phenoxy) is 1. The molecule has 1 aromatic rings. The first-order valence-corrected chi connectivity index (χ1v) is 6.82. The van der Waals surface area contributed by atoms with Crippen LogP contribution in [0.5, 0.6) is 0 Å². The minimum absolute atomic E-state index is 0.324. The molecule has 1 fully saturated rings. The summed E-state index contributed by atoms with van der Waals surface area (Å²) in [5.74, 6) is 0.934. The van der Waals surface area contributed by atoms with Crippen LogP contribution in [-0.2, 0) is 4.74 Å². The third-order valence-corrected chi connectivity index (χ3v) is 3.96. The number of aryl methyl sites for hydroxylation is 1. The van der Waals surface area contributed by atoms with E-state index in [-0.39, 0.29) is 0 Å². The molecule has 2 rings (SSSR count). The lowest BCUT2D eigenvalue weighted by atomic mass is 9.82. The van der Waals surface area contributed by atoms with E-state index in [1.165, 1.54) is 5.56 Å². The van der Waals surface area contributed by atoms with E-state index < -0.39 is 0 Å². The minimum Gasteiger partial charge on any atom is -0.381 e. The number of hydrogen-bond donors (Lipinski definition) is 1. The second kappa shape index (κ2) is 5.36. The molecule has 0 bridgehead atoms. The van der Waals surface area contributed by atoms with Crippen LogP contribution in [0.2, 0.25) is 0 Å². The first-order valence-electron chi connectivity index (χ1n) is 6.03. The van der Waals surface area contributed by atoms with Crippen LogP contribution in [0.15, 0.2) is 16.7 Å². The summed E-state index contributed by atoms with van der Waals surface area (Å²) in [6.07, 6.45) is 4.12. The summed E-state index contributed by atoms with van der Waals surface area (Å²) in [6.45, 7) is 7.05. The number of nitrogens with zero attached hydrogens (tertiary/aromatic N) is 1. The van der Waals surface area contributed by atoms with E-state index in [0.29, 0.717) is 5.41 Å². The van der Waals surface area contributed by atoms with Crippen LogP contribution < -0.4 is 5.32 Å². The van der Waals surface area contributed by atoms with Gasteiger partial charge in [-0.2, -0.15) is 0 Å². The lowest BCUT2D eigenvalue weighted by molar-refractivity contribution is 0.0299. The Bertz CT molecular complexity index is 389. The van der Waals surface area contributed by atoms with Crippen molar-refractivity contribution in [1.82, 2.24) is 4.98 Å². The van der Waals surface area contributed by atoms with E-state index in [2.05, 4.69) is 39.2 Å². The van der Waals surface area contributed by atoms with Crippen molar-refractivity contribution in [3.8, 4) is 0 Å². The van der Waals surface area contributed by atoms with Crippen LogP contribution in [-0.4, -0.2) is 24.7 Å². The van der Waals surface area contributed by atoms with Gasteiger partial charge in [-0.1, -0.05) is 6.92 Å². The quantitative estimate of drug-likeness (QED) is 0.929. The predicted octanol–water partition coefficient (Wildman–Crippen LogP) is 3.38. The second-order valence-corrected chi connectivity index (χ2v) is 5.97. The van der Waals surface area contributed by atoms with Gasteiger partial charge in [-0.3, -0.25) is 0 Å². The Kier molecular flexibility index (Phi) is 4.05. The van der Waals surface area contributed by atoms with Crippen molar-refractivity contribution in [1.29, 1.82) is 0 Å². The maximum absolute atomic E-state index is 5.40. The molecule has 17 heavy (non-hydrogen) atoms. The Hall–Kier alpha value is -0.610. The minimum atomic E-state index is 0.324. The van der Waals surface area contributed by atoms with Crippen LogP contribution in [0.3, 0.4) is 0 Å². The standard InChI is InChI=1S/C13H19BrN2O/c1-10-7-11(14)12(15-8-10)16-9-13(2)3-5-17-6-4-13/h7-8H,3-6,9H2,1-2H3,(H,15,16). The van der Waals surface area contributed by atoms with Gasteiger partial charge in [0.15, 0.2) is 0 Å². The van der Waals surface area contributed by atoms with Crippen molar-refractivity contribution in [2.24, 2.45) is 5.41 Å². The molecule has 0 unspecified atom stereocenters. The predicted molar refractivity (Wildman–Crippen MR) is 73.3 cm³/mol. The molecule has 1 aromatic heterocycles. The third kappa shape index (κ3) is 3.42. The summed E-state index contributed by atoms with van der Waals surface area (Å²) in [6, 6.07) is 2.08. The van der Waals surface area contributed by atoms with E-state index >= 15 is 0 Å². The Morgan fingerprint density at radius 2 is 2.18 bits per heavy atom. The summed E-state index contributed by atoms with van der Waals surface area (Å²) >= 11 is 3.54. The SMILES string of the molecule is Cc1cnc(NCC2(C)CCOCC2)c(Br)c1. The van der Waals surface area contributed by atoms with Gasteiger partial charge in [-0.25, -0.2) is 4.98 Å². The van der Waals surface area contributed by atoms with E-state index in [1.54, 1.807) is 0 Å². The van der Waals surface area contributed by atoms with Gasteiger partial charge < -0.3 is 10.1 Å². The van der Waals surface area contributed by atoms with Crippen LogP contribution in [0.25, 0.3) is 0 Å². The molecule has 0 atom stereocenters. The maximum Gasteiger partial charge on any atom is 0.140 e. The van der Waals surface area contributed by atoms with Gasteiger partial charge in [0.2, 0.25) is 0 Å². The topological polar surface area (TPSA) is 34.2 Å². The molecule has 0 amide bonds. The number of halogens is 1. The summed E-state index contributed by atoms with van der Waals surface area (Å²) in [4.78, 5) is 4.40. The molecule has 3 nitrogen and oxygen atoms in total. The smallest absolute Gasteiger partial charge is 0.140 e. The molecule has 0 aromatic carbocycles. The van der Waals surface area contributed by atoms with E-state index in [1.807, 2.05) is 13.1 Å². The Balaban J connectivity index is 1.97. The highest BCUT2D eigenvalue weighted by molar-refractivity contribution is 9.10. The fourth-order valence-electron chi connectivity index (χ4n) is 2.00. The number of aromatic nitrogens is 1. The van der Waals surface area contributed by atoms with Gasteiger partial charge in [-0.05, 0) is 52.7 Å². The fourth-order valence-corrected chi connectivity index (χ4v) is 2.61. The molecule has 1 aliphatic rings. The zero-order chi connectivity index (χ0) is 12.3. The molecule has 94 valence electrons. The normalized spacial score (nSPS) is 19.0. The lowest BCUT2D eigenvalue weighted by Gasteiger charge is -2.33.